The Morgan fingerprint density at radius 3 is 1.76 bits per heavy atom. The maximum atomic E-state index is 12.8. The first kappa shape index (κ1) is 54.9. The van der Waals surface area contributed by atoms with Crippen LogP contribution in [-0.4, -0.2) is 122 Å². The number of ketones is 1. The van der Waals surface area contributed by atoms with E-state index in [1.54, 1.807) is 86.6 Å². The highest BCUT2D eigenvalue weighted by Gasteiger charge is 2.29. The second-order valence-electron chi connectivity index (χ2n) is 17.6. The van der Waals surface area contributed by atoms with Crippen molar-refractivity contribution in [2.75, 3.05) is 44.8 Å². The monoisotopic (exact) mass is 879 g/mol. The van der Waals surface area contributed by atoms with Crippen LogP contribution in [-0.2, 0) is 52.5 Å². The van der Waals surface area contributed by atoms with Gasteiger partial charge in [0.2, 0.25) is 17.7 Å². The van der Waals surface area contributed by atoms with Crippen LogP contribution in [0.1, 0.15) is 125 Å². The quantitative estimate of drug-likeness (QED) is 0.0444. The largest absolute Gasteiger partial charge is 0.459 e. The molecule has 19 heteroatoms. The van der Waals surface area contributed by atoms with Crippen LogP contribution < -0.4 is 32.3 Å². The third-order valence-corrected chi connectivity index (χ3v) is 8.08. The van der Waals surface area contributed by atoms with Crippen molar-refractivity contribution < 1.29 is 62.0 Å². The molecule has 1 aromatic rings. The molecular formula is C43H70N6O13. The Morgan fingerprint density at radius 2 is 1.16 bits per heavy atom. The second-order valence-corrected chi connectivity index (χ2v) is 17.6. The summed E-state index contributed by atoms with van der Waals surface area (Å²) in [6.07, 6.45) is 0.596. The summed E-state index contributed by atoms with van der Waals surface area (Å²) in [5.41, 5.74) is 4.55. The number of nitrogens with one attached hydrogen (secondary N) is 5. The van der Waals surface area contributed by atoms with Crippen LogP contribution in [0.5, 0.6) is 0 Å². The molecule has 0 aliphatic rings. The van der Waals surface area contributed by atoms with Crippen molar-refractivity contribution in [2.24, 2.45) is 5.73 Å². The van der Waals surface area contributed by atoms with Gasteiger partial charge in [-0.3, -0.25) is 34.1 Å². The zero-order chi connectivity index (χ0) is 47.1. The number of Topliss-reactive ketones (excluding diaryl/α,β-unsaturated/α-hetero) is 1. The first-order chi connectivity index (χ1) is 28.7. The minimum atomic E-state index is -1.11. The van der Waals surface area contributed by atoms with Gasteiger partial charge in [-0.1, -0.05) is 0 Å². The first-order valence-electron chi connectivity index (χ1n) is 20.9. The summed E-state index contributed by atoms with van der Waals surface area (Å²) in [5, 5.41) is 13.3. The van der Waals surface area contributed by atoms with Crippen LogP contribution in [0.2, 0.25) is 0 Å². The van der Waals surface area contributed by atoms with E-state index in [4.69, 9.17) is 29.4 Å². The Kier molecular flexibility index (Phi) is 23.9. The number of benzene rings is 1. The SMILES string of the molecule is CC(=O)C(CCCCNC(=O)c1ccc(NC(=O)OC(C)(C)C)cc1)NC(=O)COCCOCCNC(=O)CCC(NC(=O)CCC(N)C(=O)OC(C)(C)C)C(=O)OC(C)(C)C. The lowest BCUT2D eigenvalue weighted by molar-refractivity contribution is -0.159. The Bertz CT molecular complexity index is 1630. The number of amides is 5. The second kappa shape index (κ2) is 27.0. The predicted molar refractivity (Wildman–Crippen MR) is 230 cm³/mol. The third kappa shape index (κ3) is 26.9. The van der Waals surface area contributed by atoms with E-state index in [0.29, 0.717) is 37.1 Å². The van der Waals surface area contributed by atoms with Crippen LogP contribution in [0, 0.1) is 0 Å². The summed E-state index contributed by atoms with van der Waals surface area (Å²) in [4.78, 5) is 99.2. The van der Waals surface area contributed by atoms with Gasteiger partial charge in [0.25, 0.3) is 5.91 Å². The molecule has 0 aromatic heterocycles. The number of unbranched alkanes of at least 4 members (excludes halogenated alkanes) is 1. The minimum absolute atomic E-state index is 0.00819. The van der Waals surface area contributed by atoms with Crippen molar-refractivity contribution in [1.29, 1.82) is 0 Å². The van der Waals surface area contributed by atoms with Crippen LogP contribution in [0.3, 0.4) is 0 Å². The normalized spacial score (nSPS) is 13.1. The van der Waals surface area contributed by atoms with E-state index in [-0.39, 0.29) is 76.3 Å². The Balaban J connectivity index is 2.33. The lowest BCUT2D eigenvalue weighted by Crippen LogP contribution is -2.45. The molecule has 19 nitrogen and oxygen atoms in total. The molecule has 62 heavy (non-hydrogen) atoms. The number of rotatable bonds is 26. The molecule has 0 radical (unpaired) electrons. The minimum Gasteiger partial charge on any atom is -0.459 e. The fourth-order valence-corrected chi connectivity index (χ4v) is 5.20. The van der Waals surface area contributed by atoms with Crippen LogP contribution >= 0.6 is 0 Å². The van der Waals surface area contributed by atoms with Crippen LogP contribution in [0.15, 0.2) is 24.3 Å². The summed E-state index contributed by atoms with van der Waals surface area (Å²) in [5.74, 6) is -3.26. The molecule has 7 N–H and O–H groups in total. The van der Waals surface area contributed by atoms with Crippen LogP contribution in [0.25, 0.3) is 0 Å². The molecular weight excluding hydrogens is 809 g/mol. The van der Waals surface area contributed by atoms with Gasteiger partial charge >= 0.3 is 18.0 Å². The van der Waals surface area contributed by atoms with Gasteiger partial charge in [-0.2, -0.15) is 0 Å². The smallest absolute Gasteiger partial charge is 0.412 e. The van der Waals surface area contributed by atoms with Gasteiger partial charge in [0.15, 0.2) is 5.78 Å². The maximum absolute atomic E-state index is 12.8. The molecule has 3 unspecified atom stereocenters. The average molecular weight is 879 g/mol. The van der Waals surface area contributed by atoms with Crippen LogP contribution in [0.4, 0.5) is 10.5 Å². The van der Waals surface area contributed by atoms with Crippen molar-refractivity contribution in [1.82, 2.24) is 21.3 Å². The predicted octanol–water partition coefficient (Wildman–Crippen LogP) is 3.21. The van der Waals surface area contributed by atoms with E-state index in [1.807, 2.05) is 0 Å². The number of hydrogen-bond donors (Lipinski definition) is 6. The molecule has 0 aliphatic carbocycles. The molecule has 1 aromatic carbocycles. The van der Waals surface area contributed by atoms with Gasteiger partial charge < -0.3 is 50.7 Å². The zero-order valence-electron chi connectivity index (χ0n) is 38.1. The Hall–Kier alpha value is -5.14. The highest BCUT2D eigenvalue weighted by atomic mass is 16.6. The summed E-state index contributed by atoms with van der Waals surface area (Å²) >= 11 is 0. The number of nitrogens with two attached hydrogens (primary N) is 1. The van der Waals surface area contributed by atoms with Crippen molar-refractivity contribution in [3.05, 3.63) is 29.8 Å². The first-order valence-corrected chi connectivity index (χ1v) is 20.9. The molecule has 350 valence electrons. The molecule has 5 amide bonds. The van der Waals surface area contributed by atoms with E-state index in [2.05, 4.69) is 26.6 Å². The molecule has 0 heterocycles. The van der Waals surface area contributed by atoms with Gasteiger partial charge in [-0.15, -0.1) is 0 Å². The van der Waals surface area contributed by atoms with Gasteiger partial charge in [0.1, 0.15) is 35.5 Å². The molecule has 0 aliphatic heterocycles. The molecule has 0 saturated carbocycles. The van der Waals surface area contributed by atoms with Gasteiger partial charge in [-0.05, 0) is 126 Å². The number of hydrogen-bond acceptors (Lipinski definition) is 14. The standard InChI is InChI=1S/C43H70N6O13/c1-28(50)32(13-11-12-22-46-37(54)29-14-16-30(17-15-29)47-40(57)62-43(8,9)10)48-36(53)27-59-26-25-58-24-23-45-34(51)21-19-33(39(56)61-42(5,6)7)49-35(52)20-18-31(44)38(55)60-41(2,3)4/h14-17,31-33H,11-13,18-27,44H2,1-10H3,(H,45,51)(H,46,54)(H,47,57)(H,48,53)(H,49,52). The Morgan fingerprint density at radius 1 is 0.597 bits per heavy atom. The molecule has 3 atom stereocenters. The fraction of sp³-hybridized carbons (Fsp3) is 0.674. The average Bonchev–Trinajstić information content (AvgIpc) is 3.13. The Labute approximate surface area is 365 Å². The lowest BCUT2D eigenvalue weighted by atomic mass is 10.1. The van der Waals surface area contributed by atoms with Crippen molar-refractivity contribution in [2.45, 2.75) is 149 Å². The van der Waals surface area contributed by atoms with E-state index >= 15 is 0 Å². The van der Waals surface area contributed by atoms with Crippen molar-refractivity contribution in [3.8, 4) is 0 Å². The number of esters is 2. The van der Waals surface area contributed by atoms with E-state index in [1.165, 1.54) is 6.92 Å². The number of anilines is 1. The third-order valence-electron chi connectivity index (χ3n) is 8.08. The van der Waals surface area contributed by atoms with E-state index in [9.17, 15) is 38.4 Å². The summed E-state index contributed by atoms with van der Waals surface area (Å²) in [6.45, 7) is 17.3. The molecule has 0 fully saturated rings. The summed E-state index contributed by atoms with van der Waals surface area (Å²) < 4.78 is 26.7. The molecule has 1 rings (SSSR count). The van der Waals surface area contributed by atoms with Crippen molar-refractivity contribution in [3.63, 3.8) is 0 Å². The molecule has 0 spiro atoms. The summed E-state index contributed by atoms with van der Waals surface area (Å²) in [7, 11) is 0. The topological polar surface area (TPSA) is 269 Å². The van der Waals surface area contributed by atoms with E-state index < -0.39 is 64.8 Å². The van der Waals surface area contributed by atoms with Gasteiger partial charge in [0, 0.05) is 37.2 Å². The molecule has 0 bridgehead atoms. The maximum Gasteiger partial charge on any atom is 0.412 e. The highest BCUT2D eigenvalue weighted by Crippen LogP contribution is 2.15. The highest BCUT2D eigenvalue weighted by molar-refractivity contribution is 5.95. The summed E-state index contributed by atoms with van der Waals surface area (Å²) in [6, 6.07) is 3.50. The zero-order valence-corrected chi connectivity index (χ0v) is 38.1. The fourth-order valence-electron chi connectivity index (χ4n) is 5.20. The van der Waals surface area contributed by atoms with E-state index in [0.717, 1.165) is 0 Å². The number of carbonyl (C=O) groups is 8. The number of carbonyl (C=O) groups excluding carboxylic acids is 8. The lowest BCUT2D eigenvalue weighted by Gasteiger charge is -2.25. The van der Waals surface area contributed by atoms with Gasteiger partial charge in [0.05, 0.1) is 25.9 Å². The van der Waals surface area contributed by atoms with Crippen molar-refractivity contribution >= 4 is 53.1 Å². The molecule has 0 saturated heterocycles. The van der Waals surface area contributed by atoms with Gasteiger partial charge in [-0.25, -0.2) is 9.59 Å². The number of ether oxygens (including phenoxy) is 5.